The van der Waals surface area contributed by atoms with Crippen LogP contribution in [0.5, 0.6) is 0 Å². The highest BCUT2D eigenvalue weighted by Gasteiger charge is 2.05. The van der Waals surface area contributed by atoms with Crippen LogP contribution in [0, 0.1) is 0 Å². The molecule has 0 aliphatic heterocycles. The molecule has 3 nitrogen and oxygen atoms in total. The Morgan fingerprint density at radius 2 is 1.90 bits per heavy atom. The van der Waals surface area contributed by atoms with Gasteiger partial charge in [0.25, 0.3) is 0 Å². The van der Waals surface area contributed by atoms with Crippen molar-refractivity contribution in [2.24, 2.45) is 0 Å². The van der Waals surface area contributed by atoms with Crippen LogP contribution in [0.15, 0.2) is 0 Å². The van der Waals surface area contributed by atoms with Gasteiger partial charge in [-0.15, -0.1) is 11.8 Å². The number of hydrogen-bond acceptors (Lipinski definition) is 5. The zero-order valence-corrected chi connectivity index (χ0v) is 7.18. The van der Waals surface area contributed by atoms with Crippen molar-refractivity contribution in [3.05, 3.63) is 0 Å². The van der Waals surface area contributed by atoms with Gasteiger partial charge in [-0.3, -0.25) is 0 Å². The third-order valence-corrected chi connectivity index (χ3v) is 2.57. The molecule has 0 aliphatic carbocycles. The van der Waals surface area contributed by atoms with Gasteiger partial charge < -0.3 is 15.3 Å². The summed E-state index contributed by atoms with van der Waals surface area (Å²) in [4.78, 5) is 0. The Hall–Kier alpha value is 0.580. The maximum atomic E-state index is 8.82. The van der Waals surface area contributed by atoms with E-state index in [0.29, 0.717) is 5.75 Å². The summed E-state index contributed by atoms with van der Waals surface area (Å²) in [5.41, 5.74) is 0. The minimum atomic E-state index is -0.703. The minimum absolute atomic E-state index is 0.0219. The lowest BCUT2D eigenvalue weighted by Crippen LogP contribution is -2.16. The highest BCUT2D eigenvalue weighted by molar-refractivity contribution is 8.10. The van der Waals surface area contributed by atoms with Crippen molar-refractivity contribution in [2.45, 2.75) is 10.7 Å². The normalized spacial score (nSPS) is 16.8. The lowest BCUT2D eigenvalue weighted by Gasteiger charge is -2.09. The Morgan fingerprint density at radius 3 is 2.30 bits per heavy atom. The van der Waals surface area contributed by atoms with Gasteiger partial charge in [0.2, 0.25) is 0 Å². The summed E-state index contributed by atoms with van der Waals surface area (Å²) < 4.78 is -0.166. The maximum Gasteiger partial charge on any atom is 0.0861 e. The first-order valence-electron chi connectivity index (χ1n) is 2.90. The molecule has 2 atom stereocenters. The van der Waals surface area contributed by atoms with Crippen molar-refractivity contribution < 1.29 is 15.3 Å². The van der Waals surface area contributed by atoms with Crippen molar-refractivity contribution in [1.29, 1.82) is 0 Å². The molecule has 62 valence electrons. The molecular formula is C5H12O3S2. The van der Waals surface area contributed by atoms with Crippen LogP contribution in [-0.2, 0) is 0 Å². The van der Waals surface area contributed by atoms with Gasteiger partial charge in [-0.2, -0.15) is 12.6 Å². The molecule has 3 N–H and O–H groups in total. The van der Waals surface area contributed by atoms with Crippen molar-refractivity contribution >= 4 is 24.4 Å². The fourth-order valence-electron chi connectivity index (χ4n) is 0.328. The van der Waals surface area contributed by atoms with E-state index in [4.69, 9.17) is 15.3 Å². The Kier molecular flexibility index (Phi) is 6.67. The molecule has 5 heteroatoms. The fraction of sp³-hybridized carbons (Fsp3) is 1.00. The molecule has 10 heavy (non-hydrogen) atoms. The fourth-order valence-corrected chi connectivity index (χ4v) is 1.24. The summed E-state index contributed by atoms with van der Waals surface area (Å²) in [7, 11) is 0. The molecule has 0 aliphatic rings. The van der Waals surface area contributed by atoms with Gasteiger partial charge in [0.15, 0.2) is 0 Å². The predicted octanol–water partition coefficient (Wildman–Crippen LogP) is -0.679. The third-order valence-electron chi connectivity index (χ3n) is 0.848. The van der Waals surface area contributed by atoms with Crippen LogP contribution in [0.4, 0.5) is 0 Å². The quantitative estimate of drug-likeness (QED) is 0.338. The van der Waals surface area contributed by atoms with Crippen molar-refractivity contribution in [1.82, 2.24) is 0 Å². The highest BCUT2D eigenvalue weighted by atomic mass is 32.2. The molecule has 0 aromatic rings. The van der Waals surface area contributed by atoms with Gasteiger partial charge in [0.1, 0.15) is 0 Å². The molecule has 0 saturated heterocycles. The van der Waals surface area contributed by atoms with E-state index in [-0.39, 0.29) is 17.8 Å². The molecule has 0 bridgehead atoms. The summed E-state index contributed by atoms with van der Waals surface area (Å²) in [6.45, 7) is -0.259. The van der Waals surface area contributed by atoms with Crippen LogP contribution in [0.3, 0.4) is 0 Å². The molecule has 0 saturated carbocycles. The standard InChI is InChI=1S/C5H12O3S2/c6-1-4(8)3-10-5(9)2-7/h4-9H,1-3H2. The molecule has 0 rings (SSSR count). The third kappa shape index (κ3) is 5.37. The molecule has 0 fully saturated rings. The van der Waals surface area contributed by atoms with E-state index in [0.717, 1.165) is 0 Å². The van der Waals surface area contributed by atoms with E-state index in [9.17, 15) is 0 Å². The van der Waals surface area contributed by atoms with Crippen LogP contribution >= 0.6 is 24.4 Å². The van der Waals surface area contributed by atoms with E-state index in [1.807, 2.05) is 0 Å². The molecule has 0 radical (unpaired) electrons. The number of aliphatic hydroxyl groups is 3. The van der Waals surface area contributed by atoms with E-state index in [1.165, 1.54) is 11.8 Å². The second kappa shape index (κ2) is 6.30. The smallest absolute Gasteiger partial charge is 0.0861 e. The summed E-state index contributed by atoms with van der Waals surface area (Å²) in [6.07, 6.45) is -0.703. The number of aliphatic hydroxyl groups excluding tert-OH is 3. The summed E-state index contributed by atoms with van der Waals surface area (Å²) in [5, 5.41) is 25.7. The van der Waals surface area contributed by atoms with E-state index in [1.54, 1.807) is 0 Å². The van der Waals surface area contributed by atoms with Crippen LogP contribution < -0.4 is 0 Å². The van der Waals surface area contributed by atoms with Gasteiger partial charge in [0.05, 0.1) is 23.9 Å². The Bertz CT molecular complexity index is 71.3. The number of hydrogen-bond donors (Lipinski definition) is 4. The molecule has 0 aromatic carbocycles. The van der Waals surface area contributed by atoms with Gasteiger partial charge in [0, 0.05) is 5.75 Å². The van der Waals surface area contributed by atoms with E-state index >= 15 is 0 Å². The molecular weight excluding hydrogens is 172 g/mol. The van der Waals surface area contributed by atoms with Crippen LogP contribution in [0.25, 0.3) is 0 Å². The van der Waals surface area contributed by atoms with Gasteiger partial charge in [-0.05, 0) is 0 Å². The van der Waals surface area contributed by atoms with Gasteiger partial charge >= 0.3 is 0 Å². The van der Waals surface area contributed by atoms with Gasteiger partial charge in [-0.25, -0.2) is 0 Å². The first-order chi connectivity index (χ1) is 4.70. The Labute approximate surface area is 69.9 Å². The van der Waals surface area contributed by atoms with Crippen LogP contribution in [0.2, 0.25) is 0 Å². The van der Waals surface area contributed by atoms with Crippen molar-refractivity contribution in [3.63, 3.8) is 0 Å². The van der Waals surface area contributed by atoms with Crippen molar-refractivity contribution in [2.75, 3.05) is 19.0 Å². The lowest BCUT2D eigenvalue weighted by atomic mass is 10.4. The zero-order valence-electron chi connectivity index (χ0n) is 5.47. The average Bonchev–Trinajstić information content (AvgIpc) is 1.99. The first kappa shape index (κ1) is 10.6. The predicted molar refractivity (Wildman–Crippen MR) is 45.4 cm³/mol. The van der Waals surface area contributed by atoms with Crippen LogP contribution in [0.1, 0.15) is 0 Å². The monoisotopic (exact) mass is 184 g/mol. The summed E-state index contributed by atoms with van der Waals surface area (Å²) in [6, 6.07) is 0. The SMILES string of the molecule is OCC(O)CSC(S)CO. The second-order valence-electron chi connectivity index (χ2n) is 1.81. The minimum Gasteiger partial charge on any atom is -0.394 e. The topological polar surface area (TPSA) is 60.7 Å². The molecule has 0 spiro atoms. The Morgan fingerprint density at radius 1 is 1.30 bits per heavy atom. The summed E-state index contributed by atoms with van der Waals surface area (Å²) >= 11 is 5.28. The second-order valence-corrected chi connectivity index (χ2v) is 4.02. The molecule has 0 aromatic heterocycles. The molecule has 0 heterocycles. The van der Waals surface area contributed by atoms with Gasteiger partial charge in [-0.1, -0.05) is 0 Å². The molecule has 2 unspecified atom stereocenters. The lowest BCUT2D eigenvalue weighted by molar-refractivity contribution is 0.113. The number of thioether (sulfide) groups is 1. The van der Waals surface area contributed by atoms with Crippen molar-refractivity contribution in [3.8, 4) is 0 Å². The molecule has 0 amide bonds. The zero-order chi connectivity index (χ0) is 7.98. The maximum absolute atomic E-state index is 8.82. The number of thiol groups is 1. The average molecular weight is 184 g/mol. The number of rotatable bonds is 5. The van der Waals surface area contributed by atoms with E-state index < -0.39 is 6.10 Å². The largest absolute Gasteiger partial charge is 0.394 e. The first-order valence-corrected chi connectivity index (χ1v) is 4.46. The Balaban J connectivity index is 3.17. The summed E-state index contributed by atoms with van der Waals surface area (Å²) in [5.74, 6) is 0.408. The van der Waals surface area contributed by atoms with Crippen LogP contribution in [-0.4, -0.2) is 45.0 Å². The highest BCUT2D eigenvalue weighted by Crippen LogP contribution is 2.14. The van der Waals surface area contributed by atoms with E-state index in [2.05, 4.69) is 12.6 Å².